The van der Waals surface area contributed by atoms with Gasteiger partial charge < -0.3 is 5.32 Å². The Balaban J connectivity index is 1.72. The summed E-state index contributed by atoms with van der Waals surface area (Å²) in [5.41, 5.74) is 0.515. The molecule has 1 N–H and O–H groups in total. The number of hydrogen-bond acceptors (Lipinski definition) is 4. The van der Waals surface area contributed by atoms with Crippen LogP contribution < -0.4 is 5.32 Å². The zero-order valence-corrected chi connectivity index (χ0v) is 15.8. The molecule has 132 valence electrons. The molecule has 0 saturated heterocycles. The summed E-state index contributed by atoms with van der Waals surface area (Å²) in [6, 6.07) is 15.8. The molecule has 0 spiro atoms. The van der Waals surface area contributed by atoms with Crippen LogP contribution in [-0.4, -0.2) is 14.3 Å². The zero-order valence-electron chi connectivity index (χ0n) is 13.4. The van der Waals surface area contributed by atoms with Gasteiger partial charge in [0.05, 0.1) is 9.79 Å². The minimum Gasteiger partial charge on any atom is -0.323 e. The lowest BCUT2D eigenvalue weighted by Crippen LogP contribution is -2.08. The molecule has 0 fully saturated rings. The van der Waals surface area contributed by atoms with Gasteiger partial charge in [-0.2, -0.15) is 0 Å². The number of amides is 1. The number of carbonyl (C=O) groups is 1. The molecule has 3 aromatic rings. The first-order chi connectivity index (χ1) is 12.4. The summed E-state index contributed by atoms with van der Waals surface area (Å²) in [7, 11) is -3.62. The summed E-state index contributed by atoms with van der Waals surface area (Å²) in [6.45, 7) is 0. The van der Waals surface area contributed by atoms with Crippen LogP contribution in [0.2, 0.25) is 5.02 Å². The number of rotatable bonds is 5. The fraction of sp³-hybridized carbons (Fsp3) is 0. The molecule has 3 rings (SSSR count). The van der Waals surface area contributed by atoms with Gasteiger partial charge in [0.15, 0.2) is 0 Å². The molecule has 7 heteroatoms. The van der Waals surface area contributed by atoms with Crippen molar-refractivity contribution in [1.82, 2.24) is 0 Å². The highest BCUT2D eigenvalue weighted by molar-refractivity contribution is 7.91. The van der Waals surface area contributed by atoms with Gasteiger partial charge in [0, 0.05) is 21.7 Å². The Bertz CT molecular complexity index is 1020. The number of thiophene rings is 1. The average molecular weight is 404 g/mol. The van der Waals surface area contributed by atoms with E-state index in [0.29, 0.717) is 10.7 Å². The predicted octanol–water partition coefficient (Wildman–Crippen LogP) is 4.89. The van der Waals surface area contributed by atoms with E-state index in [9.17, 15) is 13.2 Å². The van der Waals surface area contributed by atoms with Gasteiger partial charge >= 0.3 is 0 Å². The Morgan fingerprint density at radius 1 is 0.962 bits per heavy atom. The van der Waals surface area contributed by atoms with Crippen molar-refractivity contribution < 1.29 is 13.2 Å². The zero-order chi connectivity index (χ0) is 18.6. The van der Waals surface area contributed by atoms with Crippen LogP contribution in [0.25, 0.3) is 6.08 Å². The van der Waals surface area contributed by atoms with Gasteiger partial charge in [0.25, 0.3) is 0 Å². The Labute approximate surface area is 160 Å². The third-order valence-electron chi connectivity index (χ3n) is 3.50. The minimum absolute atomic E-state index is 0.145. The van der Waals surface area contributed by atoms with E-state index in [0.717, 1.165) is 4.88 Å². The van der Waals surface area contributed by atoms with Crippen LogP contribution in [-0.2, 0) is 14.6 Å². The topological polar surface area (TPSA) is 63.2 Å². The van der Waals surface area contributed by atoms with E-state index in [1.165, 1.54) is 53.8 Å². The van der Waals surface area contributed by atoms with Gasteiger partial charge in [-0.25, -0.2) is 8.42 Å². The summed E-state index contributed by atoms with van der Waals surface area (Å²) in [4.78, 5) is 13.2. The second-order valence-electron chi connectivity index (χ2n) is 5.32. The molecule has 0 atom stereocenters. The highest BCUT2D eigenvalue weighted by Gasteiger charge is 2.17. The van der Waals surface area contributed by atoms with E-state index in [4.69, 9.17) is 11.6 Å². The van der Waals surface area contributed by atoms with Crippen LogP contribution in [0.5, 0.6) is 0 Å². The molecule has 26 heavy (non-hydrogen) atoms. The standard InChI is InChI=1S/C19H14ClNO3S2/c20-14-3-8-17(9-4-14)26(23,24)18-10-5-15(6-11-18)21-19(22)12-7-16-2-1-13-25-16/h1-13H,(H,21,22)/b12-7+. The van der Waals surface area contributed by atoms with Crippen molar-refractivity contribution in [1.29, 1.82) is 0 Å². The van der Waals surface area contributed by atoms with Crippen LogP contribution in [0.4, 0.5) is 5.69 Å². The van der Waals surface area contributed by atoms with Crippen molar-refractivity contribution in [2.24, 2.45) is 0 Å². The Morgan fingerprint density at radius 2 is 1.58 bits per heavy atom. The van der Waals surface area contributed by atoms with Crippen molar-refractivity contribution in [3.8, 4) is 0 Å². The first-order valence-corrected chi connectivity index (χ1v) is 10.3. The maximum Gasteiger partial charge on any atom is 0.248 e. The fourth-order valence-corrected chi connectivity index (χ4v) is 4.20. The van der Waals surface area contributed by atoms with E-state index in [1.807, 2.05) is 17.5 Å². The molecule has 0 unspecified atom stereocenters. The number of benzene rings is 2. The molecule has 0 saturated carbocycles. The summed E-state index contributed by atoms with van der Waals surface area (Å²) in [5, 5.41) is 5.09. The van der Waals surface area contributed by atoms with Crippen molar-refractivity contribution >= 4 is 50.4 Å². The van der Waals surface area contributed by atoms with Gasteiger partial charge in [-0.1, -0.05) is 17.7 Å². The molecule has 0 aliphatic heterocycles. The third-order valence-corrected chi connectivity index (χ3v) is 6.37. The van der Waals surface area contributed by atoms with Crippen molar-refractivity contribution in [2.75, 3.05) is 5.32 Å². The molecule has 1 aromatic heterocycles. The van der Waals surface area contributed by atoms with E-state index >= 15 is 0 Å². The Hall–Kier alpha value is -2.41. The first-order valence-electron chi connectivity index (χ1n) is 7.58. The highest BCUT2D eigenvalue weighted by Crippen LogP contribution is 2.23. The van der Waals surface area contributed by atoms with Crippen LogP contribution in [0.15, 0.2) is 81.9 Å². The molecule has 0 aliphatic carbocycles. The van der Waals surface area contributed by atoms with Crippen LogP contribution in [0.3, 0.4) is 0 Å². The van der Waals surface area contributed by atoms with Gasteiger partial charge in [-0.05, 0) is 66.1 Å². The summed E-state index contributed by atoms with van der Waals surface area (Å²) in [6.07, 6.45) is 3.16. The van der Waals surface area contributed by atoms with Gasteiger partial charge in [0.2, 0.25) is 15.7 Å². The second-order valence-corrected chi connectivity index (χ2v) is 8.69. The lowest BCUT2D eigenvalue weighted by atomic mass is 10.3. The molecule has 1 amide bonds. The first kappa shape index (κ1) is 18.4. The Morgan fingerprint density at radius 3 is 2.15 bits per heavy atom. The molecular weight excluding hydrogens is 390 g/mol. The van der Waals surface area contributed by atoms with E-state index in [1.54, 1.807) is 18.2 Å². The van der Waals surface area contributed by atoms with Crippen LogP contribution in [0, 0.1) is 0 Å². The van der Waals surface area contributed by atoms with Crippen molar-refractivity contribution in [3.63, 3.8) is 0 Å². The normalized spacial score (nSPS) is 11.6. The van der Waals surface area contributed by atoms with E-state index in [2.05, 4.69) is 5.32 Å². The maximum atomic E-state index is 12.6. The van der Waals surface area contributed by atoms with Crippen molar-refractivity contribution in [2.45, 2.75) is 9.79 Å². The largest absolute Gasteiger partial charge is 0.323 e. The third kappa shape index (κ3) is 4.40. The molecule has 4 nitrogen and oxygen atoms in total. The lowest BCUT2D eigenvalue weighted by Gasteiger charge is -2.07. The van der Waals surface area contributed by atoms with Gasteiger partial charge in [-0.15, -0.1) is 11.3 Å². The minimum atomic E-state index is -3.62. The van der Waals surface area contributed by atoms with Crippen molar-refractivity contribution in [3.05, 3.63) is 82.0 Å². The molecule has 0 bridgehead atoms. The van der Waals surface area contributed by atoms with Crippen LogP contribution in [0.1, 0.15) is 4.88 Å². The summed E-state index contributed by atoms with van der Waals surface area (Å²) < 4.78 is 25.1. The predicted molar refractivity (Wildman–Crippen MR) is 105 cm³/mol. The fourth-order valence-electron chi connectivity index (χ4n) is 2.20. The number of anilines is 1. The van der Waals surface area contributed by atoms with Gasteiger partial charge in [-0.3, -0.25) is 4.79 Å². The summed E-state index contributed by atoms with van der Waals surface area (Å²) in [5.74, 6) is -0.285. The number of sulfone groups is 1. The SMILES string of the molecule is O=C(/C=C/c1cccs1)Nc1ccc(S(=O)(=O)c2ccc(Cl)cc2)cc1. The number of carbonyl (C=O) groups excluding carboxylic acids is 1. The highest BCUT2D eigenvalue weighted by atomic mass is 35.5. The second kappa shape index (κ2) is 7.86. The molecule has 1 heterocycles. The smallest absolute Gasteiger partial charge is 0.248 e. The molecule has 0 radical (unpaired) electrons. The monoisotopic (exact) mass is 403 g/mol. The summed E-state index contributed by atoms with van der Waals surface area (Å²) >= 11 is 7.33. The quantitative estimate of drug-likeness (QED) is 0.617. The van der Waals surface area contributed by atoms with Crippen LogP contribution >= 0.6 is 22.9 Å². The molecule has 0 aliphatic rings. The molecular formula is C19H14ClNO3S2. The Kier molecular flexibility index (Phi) is 5.56. The van der Waals surface area contributed by atoms with Gasteiger partial charge in [0.1, 0.15) is 0 Å². The van der Waals surface area contributed by atoms with E-state index < -0.39 is 9.84 Å². The molecule has 2 aromatic carbocycles. The average Bonchev–Trinajstić information content (AvgIpc) is 3.14. The number of halogens is 1. The lowest BCUT2D eigenvalue weighted by molar-refractivity contribution is -0.111. The maximum absolute atomic E-state index is 12.6. The number of nitrogens with one attached hydrogen (secondary N) is 1. The number of hydrogen-bond donors (Lipinski definition) is 1. The van der Waals surface area contributed by atoms with E-state index in [-0.39, 0.29) is 15.7 Å².